The maximum Gasteiger partial charge on any atom is 0.123 e. The lowest BCUT2D eigenvalue weighted by atomic mass is 10.2. The molecule has 0 atom stereocenters. The Bertz CT molecular complexity index is 306. The van der Waals surface area contributed by atoms with Gasteiger partial charge < -0.3 is 0 Å². The Hall–Kier alpha value is -0.893. The average molecular weight is 208 g/mol. The quantitative estimate of drug-likeness (QED) is 0.654. The van der Waals surface area contributed by atoms with E-state index in [-0.39, 0.29) is 5.82 Å². The second kappa shape index (κ2) is 4.56. The normalized spacial score (nSPS) is 12.3. The van der Waals surface area contributed by atoms with Crippen molar-refractivity contribution < 1.29 is 4.39 Å². The molecule has 0 aliphatic carbocycles. The van der Waals surface area contributed by atoms with E-state index in [9.17, 15) is 4.39 Å². The summed E-state index contributed by atoms with van der Waals surface area (Å²) in [4.78, 5) is 0. The van der Waals surface area contributed by atoms with E-state index in [1.165, 1.54) is 18.2 Å². The highest BCUT2D eigenvalue weighted by Crippen LogP contribution is 2.11. The van der Waals surface area contributed by atoms with Crippen molar-refractivity contribution in [3.8, 4) is 0 Å². The highest BCUT2D eigenvalue weighted by Gasteiger charge is 2.09. The van der Waals surface area contributed by atoms with Crippen molar-refractivity contribution in [3.05, 3.63) is 41.7 Å². The Balaban J connectivity index is 2.57. The molecular weight excluding hydrogens is 191 g/mol. The van der Waals surface area contributed by atoms with E-state index < -0.39 is 8.07 Å². The van der Waals surface area contributed by atoms with Gasteiger partial charge in [0.15, 0.2) is 0 Å². The van der Waals surface area contributed by atoms with Crippen LogP contribution in [0.5, 0.6) is 0 Å². The van der Waals surface area contributed by atoms with Crippen molar-refractivity contribution in [2.75, 3.05) is 0 Å². The van der Waals surface area contributed by atoms with Crippen molar-refractivity contribution in [3.63, 3.8) is 0 Å². The molecular formula is C12H17FSi. The zero-order chi connectivity index (χ0) is 10.6. The minimum atomic E-state index is -0.983. The molecule has 0 aliphatic heterocycles. The average Bonchev–Trinajstić information content (AvgIpc) is 2.06. The Morgan fingerprint density at radius 1 is 1.14 bits per heavy atom. The van der Waals surface area contributed by atoms with Gasteiger partial charge in [-0.05, 0) is 23.7 Å². The van der Waals surface area contributed by atoms with Crippen molar-refractivity contribution in [2.24, 2.45) is 0 Å². The second-order valence-corrected chi connectivity index (χ2v) is 10.2. The molecule has 0 nitrogen and oxygen atoms in total. The summed E-state index contributed by atoms with van der Waals surface area (Å²) >= 11 is 0. The lowest BCUT2D eigenvalue weighted by molar-refractivity contribution is 0.628. The van der Waals surface area contributed by atoms with Crippen LogP contribution in [-0.2, 0) is 0 Å². The van der Waals surface area contributed by atoms with Crippen LogP contribution in [0, 0.1) is 5.82 Å². The van der Waals surface area contributed by atoms with Crippen LogP contribution in [0.3, 0.4) is 0 Å². The van der Waals surface area contributed by atoms with Crippen LogP contribution >= 0.6 is 0 Å². The number of allylic oxidation sites excluding steroid dienone is 1. The van der Waals surface area contributed by atoms with Gasteiger partial charge in [-0.3, -0.25) is 0 Å². The molecule has 0 heterocycles. The van der Waals surface area contributed by atoms with Gasteiger partial charge in [0.2, 0.25) is 0 Å². The molecule has 0 unspecified atom stereocenters. The number of benzene rings is 1. The van der Waals surface area contributed by atoms with E-state index in [2.05, 4.69) is 31.8 Å². The highest BCUT2D eigenvalue weighted by molar-refractivity contribution is 6.76. The summed E-state index contributed by atoms with van der Waals surface area (Å²) < 4.78 is 12.6. The van der Waals surface area contributed by atoms with Gasteiger partial charge in [-0.1, -0.05) is 43.9 Å². The van der Waals surface area contributed by atoms with E-state index in [0.29, 0.717) is 0 Å². The summed E-state index contributed by atoms with van der Waals surface area (Å²) in [5.41, 5.74) is 1.07. The summed E-state index contributed by atoms with van der Waals surface area (Å²) in [5.74, 6) is -0.174. The van der Waals surface area contributed by atoms with E-state index in [4.69, 9.17) is 0 Å². The molecule has 0 saturated heterocycles. The molecule has 0 bridgehead atoms. The standard InChI is InChI=1S/C12H17FSi/c1-14(2,3)10-4-5-11-6-8-12(13)9-7-11/h4-9H,10H2,1-3H3/b5-4-. The Morgan fingerprint density at radius 2 is 1.71 bits per heavy atom. The minimum Gasteiger partial charge on any atom is -0.207 e. The van der Waals surface area contributed by atoms with Crippen LogP contribution in [-0.4, -0.2) is 8.07 Å². The maximum absolute atomic E-state index is 12.6. The first kappa shape index (κ1) is 11.2. The van der Waals surface area contributed by atoms with Crippen molar-refractivity contribution in [2.45, 2.75) is 25.7 Å². The SMILES string of the molecule is C[Si](C)(C)C/C=C\c1ccc(F)cc1. The zero-order valence-electron chi connectivity index (χ0n) is 9.05. The third-order valence-corrected chi connectivity index (χ3v) is 3.37. The van der Waals surface area contributed by atoms with Crippen LogP contribution in [0.1, 0.15) is 5.56 Å². The predicted molar refractivity (Wildman–Crippen MR) is 63.6 cm³/mol. The van der Waals surface area contributed by atoms with E-state index in [1.807, 2.05) is 0 Å². The third-order valence-electron chi connectivity index (χ3n) is 1.91. The first-order valence-electron chi connectivity index (χ1n) is 4.89. The highest BCUT2D eigenvalue weighted by atomic mass is 28.3. The number of hydrogen-bond donors (Lipinski definition) is 0. The van der Waals surface area contributed by atoms with Crippen LogP contribution in [0.2, 0.25) is 25.7 Å². The molecule has 0 radical (unpaired) electrons. The fourth-order valence-electron chi connectivity index (χ4n) is 1.12. The van der Waals surface area contributed by atoms with E-state index in [1.54, 1.807) is 12.1 Å². The van der Waals surface area contributed by atoms with E-state index in [0.717, 1.165) is 5.56 Å². The van der Waals surface area contributed by atoms with Gasteiger partial charge in [-0.25, -0.2) is 4.39 Å². The fraction of sp³-hybridized carbons (Fsp3) is 0.333. The number of rotatable bonds is 3. The minimum absolute atomic E-state index is 0.174. The molecule has 0 amide bonds. The Labute approximate surface area is 86.5 Å². The summed E-state index contributed by atoms with van der Waals surface area (Å²) in [5, 5.41) is 0. The maximum atomic E-state index is 12.6. The van der Waals surface area contributed by atoms with Gasteiger partial charge in [0, 0.05) is 8.07 Å². The number of halogens is 1. The molecule has 1 aromatic carbocycles. The van der Waals surface area contributed by atoms with Gasteiger partial charge in [-0.2, -0.15) is 0 Å². The van der Waals surface area contributed by atoms with Crippen molar-refractivity contribution in [1.82, 2.24) is 0 Å². The lowest BCUT2D eigenvalue weighted by Crippen LogP contribution is -2.17. The van der Waals surface area contributed by atoms with Gasteiger partial charge >= 0.3 is 0 Å². The monoisotopic (exact) mass is 208 g/mol. The molecule has 0 fully saturated rings. The van der Waals surface area contributed by atoms with Gasteiger partial charge in [0.05, 0.1) is 0 Å². The van der Waals surface area contributed by atoms with Crippen molar-refractivity contribution in [1.29, 1.82) is 0 Å². The van der Waals surface area contributed by atoms with Gasteiger partial charge in [0.1, 0.15) is 5.82 Å². The van der Waals surface area contributed by atoms with Crippen molar-refractivity contribution >= 4 is 14.1 Å². The molecule has 76 valence electrons. The molecule has 2 heteroatoms. The lowest BCUT2D eigenvalue weighted by Gasteiger charge is -2.11. The Kier molecular flexibility index (Phi) is 3.64. The van der Waals surface area contributed by atoms with Crippen LogP contribution < -0.4 is 0 Å². The third kappa shape index (κ3) is 4.37. The summed E-state index contributed by atoms with van der Waals surface area (Å²) in [7, 11) is -0.983. The predicted octanol–water partition coefficient (Wildman–Crippen LogP) is 4.18. The molecule has 0 aliphatic rings. The first-order chi connectivity index (χ1) is 6.47. The Morgan fingerprint density at radius 3 is 2.21 bits per heavy atom. The summed E-state index contributed by atoms with van der Waals surface area (Å²) in [6, 6.07) is 7.76. The summed E-state index contributed by atoms with van der Waals surface area (Å²) in [6.07, 6.45) is 4.26. The molecule has 1 rings (SSSR count). The topological polar surface area (TPSA) is 0 Å². The van der Waals surface area contributed by atoms with Gasteiger partial charge in [0.25, 0.3) is 0 Å². The largest absolute Gasteiger partial charge is 0.207 e. The van der Waals surface area contributed by atoms with E-state index >= 15 is 0 Å². The van der Waals surface area contributed by atoms with Crippen LogP contribution in [0.15, 0.2) is 30.3 Å². The molecule has 1 aromatic rings. The molecule has 0 spiro atoms. The smallest absolute Gasteiger partial charge is 0.123 e. The summed E-state index contributed by atoms with van der Waals surface area (Å²) in [6.45, 7) is 7.01. The van der Waals surface area contributed by atoms with Crippen LogP contribution in [0.4, 0.5) is 4.39 Å². The zero-order valence-corrected chi connectivity index (χ0v) is 10.0. The van der Waals surface area contributed by atoms with Gasteiger partial charge in [-0.15, -0.1) is 0 Å². The fourth-order valence-corrected chi connectivity index (χ4v) is 1.95. The second-order valence-electron chi connectivity index (χ2n) is 4.72. The molecule has 0 saturated carbocycles. The molecule has 14 heavy (non-hydrogen) atoms. The first-order valence-corrected chi connectivity index (χ1v) is 8.60. The number of hydrogen-bond acceptors (Lipinski definition) is 0. The van der Waals surface area contributed by atoms with Crippen LogP contribution in [0.25, 0.3) is 6.08 Å². The molecule has 0 aromatic heterocycles. The molecule has 0 N–H and O–H groups in total.